The number of rotatable bonds is 2. The molecule has 1 aliphatic rings. The Balaban J connectivity index is 1.67. The first-order valence-electron chi connectivity index (χ1n) is 9.15. The minimum absolute atomic E-state index is 0.0257. The number of aromatic nitrogens is 6. The molecule has 1 aliphatic heterocycles. The summed E-state index contributed by atoms with van der Waals surface area (Å²) in [6, 6.07) is 10.0. The quantitative estimate of drug-likeness (QED) is 0.583. The Bertz CT molecular complexity index is 1240. The molecular formula is C20H19N7O. The highest BCUT2D eigenvalue weighted by Gasteiger charge is 2.33. The topological polar surface area (TPSA) is 90.0 Å². The molecule has 1 N–H and O–H groups in total. The van der Waals surface area contributed by atoms with Gasteiger partial charge in [0.15, 0.2) is 11.5 Å². The van der Waals surface area contributed by atoms with Crippen LogP contribution in [0.15, 0.2) is 36.7 Å². The van der Waals surface area contributed by atoms with E-state index in [9.17, 15) is 4.79 Å². The molecule has 1 atom stereocenters. The standard InChI is InChI=1S/C20H19N7O/c1-11-4-5-14(8-12(11)2)15-9-18(28)22-20-19(15)13(3)24-27(20)17-7-6-16-23-21-10-26(16)25-17/h4-8,10,15H,9H2,1-3H3,(H,22,28)/t15-/m1/s1. The first-order chi connectivity index (χ1) is 13.5. The molecule has 4 heterocycles. The van der Waals surface area contributed by atoms with Gasteiger partial charge in [-0.3, -0.25) is 4.79 Å². The molecular weight excluding hydrogens is 354 g/mol. The molecule has 0 saturated heterocycles. The lowest BCUT2D eigenvalue weighted by Gasteiger charge is -2.24. The van der Waals surface area contributed by atoms with Gasteiger partial charge in [0.2, 0.25) is 5.91 Å². The second-order valence-corrected chi connectivity index (χ2v) is 7.23. The Kier molecular flexibility index (Phi) is 3.55. The summed E-state index contributed by atoms with van der Waals surface area (Å²) in [5, 5.41) is 20.0. The third kappa shape index (κ3) is 2.49. The van der Waals surface area contributed by atoms with E-state index in [1.807, 2.05) is 19.1 Å². The van der Waals surface area contributed by atoms with Gasteiger partial charge in [-0.15, -0.1) is 15.3 Å². The van der Waals surface area contributed by atoms with E-state index < -0.39 is 0 Å². The summed E-state index contributed by atoms with van der Waals surface area (Å²) in [6.07, 6.45) is 1.94. The van der Waals surface area contributed by atoms with Crippen LogP contribution in [0.3, 0.4) is 0 Å². The van der Waals surface area contributed by atoms with E-state index in [4.69, 9.17) is 0 Å². The first kappa shape index (κ1) is 16.6. The number of carbonyl (C=O) groups is 1. The Morgan fingerprint density at radius 2 is 1.93 bits per heavy atom. The Morgan fingerprint density at radius 3 is 2.75 bits per heavy atom. The van der Waals surface area contributed by atoms with Gasteiger partial charge in [0.1, 0.15) is 12.1 Å². The highest BCUT2D eigenvalue weighted by molar-refractivity contribution is 5.95. The van der Waals surface area contributed by atoms with Crippen molar-refractivity contribution < 1.29 is 4.79 Å². The fraction of sp³-hybridized carbons (Fsp3) is 0.250. The number of nitrogens with one attached hydrogen (secondary N) is 1. The number of amides is 1. The van der Waals surface area contributed by atoms with Gasteiger partial charge >= 0.3 is 0 Å². The molecule has 5 rings (SSSR count). The van der Waals surface area contributed by atoms with Crippen LogP contribution in [0.25, 0.3) is 11.5 Å². The molecule has 4 aromatic rings. The van der Waals surface area contributed by atoms with E-state index in [1.165, 1.54) is 17.5 Å². The highest BCUT2D eigenvalue weighted by atomic mass is 16.1. The molecule has 0 unspecified atom stereocenters. The third-order valence-corrected chi connectivity index (χ3v) is 5.40. The first-order valence-corrected chi connectivity index (χ1v) is 9.15. The number of benzene rings is 1. The number of anilines is 1. The monoisotopic (exact) mass is 373 g/mol. The average Bonchev–Trinajstić information content (AvgIpc) is 3.27. The average molecular weight is 373 g/mol. The molecule has 28 heavy (non-hydrogen) atoms. The van der Waals surface area contributed by atoms with Crippen LogP contribution in [-0.2, 0) is 4.79 Å². The minimum atomic E-state index is -0.0320. The van der Waals surface area contributed by atoms with Gasteiger partial charge in [0.05, 0.1) is 5.69 Å². The predicted octanol–water partition coefficient (Wildman–Crippen LogP) is 2.71. The van der Waals surface area contributed by atoms with Crippen LogP contribution >= 0.6 is 0 Å². The number of fused-ring (bicyclic) bond motifs is 2. The molecule has 140 valence electrons. The number of aryl methyl sites for hydroxylation is 3. The molecule has 0 spiro atoms. The van der Waals surface area contributed by atoms with Crippen molar-refractivity contribution in [3.05, 3.63) is 64.6 Å². The van der Waals surface area contributed by atoms with Crippen molar-refractivity contribution in [1.82, 2.24) is 29.6 Å². The maximum absolute atomic E-state index is 12.5. The summed E-state index contributed by atoms with van der Waals surface area (Å²) in [5.41, 5.74) is 6.15. The van der Waals surface area contributed by atoms with Gasteiger partial charge in [0, 0.05) is 17.9 Å². The Labute approximate surface area is 161 Å². The molecule has 0 bridgehead atoms. The summed E-state index contributed by atoms with van der Waals surface area (Å²) in [7, 11) is 0. The molecule has 8 heteroatoms. The third-order valence-electron chi connectivity index (χ3n) is 5.40. The molecule has 0 aliphatic carbocycles. The zero-order valence-corrected chi connectivity index (χ0v) is 15.8. The zero-order chi connectivity index (χ0) is 19.4. The summed E-state index contributed by atoms with van der Waals surface area (Å²) in [5.74, 6) is 1.22. The van der Waals surface area contributed by atoms with Gasteiger partial charge in [0.25, 0.3) is 0 Å². The largest absolute Gasteiger partial charge is 0.310 e. The maximum Gasteiger partial charge on any atom is 0.226 e. The van der Waals surface area contributed by atoms with E-state index >= 15 is 0 Å². The fourth-order valence-corrected chi connectivity index (χ4v) is 3.81. The van der Waals surface area contributed by atoms with E-state index in [0.29, 0.717) is 23.7 Å². The van der Waals surface area contributed by atoms with Gasteiger partial charge in [-0.25, -0.2) is 0 Å². The van der Waals surface area contributed by atoms with Crippen LogP contribution in [0.5, 0.6) is 0 Å². The molecule has 3 aromatic heterocycles. The second-order valence-electron chi connectivity index (χ2n) is 7.23. The summed E-state index contributed by atoms with van der Waals surface area (Å²) < 4.78 is 3.28. The van der Waals surface area contributed by atoms with Crippen LogP contribution in [0.2, 0.25) is 0 Å². The Hall–Kier alpha value is -3.55. The molecule has 8 nitrogen and oxygen atoms in total. The normalized spacial score (nSPS) is 16.2. The van der Waals surface area contributed by atoms with E-state index in [-0.39, 0.29) is 11.8 Å². The van der Waals surface area contributed by atoms with Crippen molar-refractivity contribution in [3.8, 4) is 5.82 Å². The Morgan fingerprint density at radius 1 is 1.07 bits per heavy atom. The number of hydrogen-bond acceptors (Lipinski definition) is 5. The van der Waals surface area contributed by atoms with Crippen LogP contribution < -0.4 is 5.32 Å². The summed E-state index contributed by atoms with van der Waals surface area (Å²) in [6.45, 7) is 6.16. The van der Waals surface area contributed by atoms with Crippen molar-refractivity contribution in [1.29, 1.82) is 0 Å². The summed E-state index contributed by atoms with van der Waals surface area (Å²) in [4.78, 5) is 12.5. The van der Waals surface area contributed by atoms with Crippen LogP contribution in [0, 0.1) is 20.8 Å². The van der Waals surface area contributed by atoms with Gasteiger partial charge < -0.3 is 5.32 Å². The van der Waals surface area contributed by atoms with Crippen LogP contribution in [0.4, 0.5) is 5.82 Å². The van der Waals surface area contributed by atoms with Crippen molar-refractivity contribution in [3.63, 3.8) is 0 Å². The van der Waals surface area contributed by atoms with E-state index in [0.717, 1.165) is 16.8 Å². The molecule has 1 aromatic carbocycles. The zero-order valence-electron chi connectivity index (χ0n) is 15.8. The number of hydrogen-bond donors (Lipinski definition) is 1. The molecule has 1 amide bonds. The van der Waals surface area contributed by atoms with Crippen molar-refractivity contribution in [2.45, 2.75) is 33.1 Å². The minimum Gasteiger partial charge on any atom is -0.310 e. The summed E-state index contributed by atoms with van der Waals surface area (Å²) >= 11 is 0. The smallest absolute Gasteiger partial charge is 0.226 e. The SMILES string of the molecule is Cc1ccc([C@H]2CC(=O)Nc3c2c(C)nn3-c2ccc3nncn3n2)cc1C. The lowest BCUT2D eigenvalue weighted by atomic mass is 9.84. The predicted molar refractivity (Wildman–Crippen MR) is 104 cm³/mol. The van der Waals surface area contributed by atoms with Gasteiger partial charge in [-0.1, -0.05) is 18.2 Å². The fourth-order valence-electron chi connectivity index (χ4n) is 3.81. The lowest BCUT2D eigenvalue weighted by molar-refractivity contribution is -0.116. The molecule has 0 fully saturated rings. The molecule has 0 saturated carbocycles. The molecule has 0 radical (unpaired) electrons. The van der Waals surface area contributed by atoms with Gasteiger partial charge in [-0.2, -0.15) is 14.3 Å². The number of nitrogens with zero attached hydrogens (tertiary/aromatic N) is 6. The van der Waals surface area contributed by atoms with Crippen LogP contribution in [-0.4, -0.2) is 35.5 Å². The van der Waals surface area contributed by atoms with Crippen molar-refractivity contribution >= 4 is 17.4 Å². The highest BCUT2D eigenvalue weighted by Crippen LogP contribution is 2.40. The van der Waals surface area contributed by atoms with Crippen LogP contribution in [0.1, 0.15) is 40.3 Å². The van der Waals surface area contributed by atoms with Crippen molar-refractivity contribution in [2.24, 2.45) is 0 Å². The number of carbonyl (C=O) groups excluding carboxylic acids is 1. The second kappa shape index (κ2) is 5.98. The van der Waals surface area contributed by atoms with Crippen molar-refractivity contribution in [2.75, 3.05) is 5.32 Å². The maximum atomic E-state index is 12.5. The van der Waals surface area contributed by atoms with E-state index in [1.54, 1.807) is 9.20 Å². The van der Waals surface area contributed by atoms with E-state index in [2.05, 4.69) is 57.8 Å². The lowest BCUT2D eigenvalue weighted by Crippen LogP contribution is -2.25. The van der Waals surface area contributed by atoms with Gasteiger partial charge in [-0.05, 0) is 49.6 Å².